The van der Waals surface area contributed by atoms with Gasteiger partial charge >= 0.3 is 0 Å². The zero-order chi connectivity index (χ0) is 13.1. The second-order valence-corrected chi connectivity index (χ2v) is 6.30. The maximum atomic E-state index is 12.0. The van der Waals surface area contributed by atoms with Crippen molar-refractivity contribution in [1.29, 1.82) is 0 Å². The molecule has 1 unspecified atom stereocenters. The van der Waals surface area contributed by atoms with Crippen LogP contribution in [0.3, 0.4) is 0 Å². The van der Waals surface area contributed by atoms with E-state index in [1.807, 2.05) is 0 Å². The molecule has 0 aromatic carbocycles. The Balaban J connectivity index is 2.77. The van der Waals surface area contributed by atoms with Crippen molar-refractivity contribution in [3.8, 4) is 0 Å². The zero-order valence-electron chi connectivity index (χ0n) is 9.97. The molecule has 0 fully saturated rings. The highest BCUT2D eigenvalue weighted by molar-refractivity contribution is 7.89. The molecule has 1 aromatic heterocycles. The number of hydrogen-bond acceptors (Lipinski definition) is 4. The van der Waals surface area contributed by atoms with E-state index in [1.165, 1.54) is 24.7 Å². The van der Waals surface area contributed by atoms with Crippen molar-refractivity contribution in [3.05, 3.63) is 12.0 Å². The fourth-order valence-corrected chi connectivity index (χ4v) is 2.90. The van der Waals surface area contributed by atoms with E-state index in [1.54, 1.807) is 6.92 Å². The van der Waals surface area contributed by atoms with Crippen molar-refractivity contribution in [3.63, 3.8) is 0 Å². The molecule has 0 saturated carbocycles. The number of aryl methyl sites for hydroxylation is 1. The lowest BCUT2D eigenvalue weighted by molar-refractivity contribution is 0.192. The van der Waals surface area contributed by atoms with E-state index >= 15 is 0 Å². The minimum atomic E-state index is -3.56. The minimum Gasteiger partial charge on any atom is -0.383 e. The van der Waals surface area contributed by atoms with E-state index in [2.05, 4.69) is 9.97 Å². The lowest BCUT2D eigenvalue weighted by atomic mass is 10.4. The molecule has 1 rings (SSSR count). The second-order valence-electron chi connectivity index (χ2n) is 3.67. The Hall–Kier alpha value is -0.630. The van der Waals surface area contributed by atoms with Crippen LogP contribution in [0.4, 0.5) is 0 Å². The van der Waals surface area contributed by atoms with Gasteiger partial charge in [0.1, 0.15) is 5.82 Å². The summed E-state index contributed by atoms with van der Waals surface area (Å²) in [6, 6.07) is 0. The maximum Gasteiger partial charge on any atom is 0.259 e. The van der Waals surface area contributed by atoms with Crippen molar-refractivity contribution in [2.75, 3.05) is 27.3 Å². The fourth-order valence-electron chi connectivity index (χ4n) is 1.31. The van der Waals surface area contributed by atoms with Gasteiger partial charge in [0.05, 0.1) is 18.2 Å². The summed E-state index contributed by atoms with van der Waals surface area (Å²) in [7, 11) is -0.571. The molecule has 1 atom stereocenters. The molecule has 8 heteroatoms. The highest BCUT2D eigenvalue weighted by Gasteiger charge is 2.24. The van der Waals surface area contributed by atoms with E-state index < -0.39 is 10.0 Å². The number of methoxy groups -OCH3 is 1. The Kier molecular flexibility index (Phi) is 4.93. The highest BCUT2D eigenvalue weighted by Crippen LogP contribution is 2.13. The quantitative estimate of drug-likeness (QED) is 0.775. The normalized spacial score (nSPS) is 14.2. The molecule has 17 heavy (non-hydrogen) atoms. The molecule has 0 saturated heterocycles. The number of halogens is 1. The Bertz CT molecular complexity index is 460. The first-order chi connectivity index (χ1) is 7.87. The third-order valence-corrected chi connectivity index (χ3v) is 4.17. The lowest BCUT2D eigenvalue weighted by Crippen LogP contribution is -2.34. The number of nitrogens with one attached hydrogen (secondary N) is 1. The van der Waals surface area contributed by atoms with Gasteiger partial charge in [0.25, 0.3) is 10.0 Å². The van der Waals surface area contributed by atoms with Crippen LogP contribution in [0.2, 0.25) is 0 Å². The summed E-state index contributed by atoms with van der Waals surface area (Å²) in [6.07, 6.45) is 1.29. The van der Waals surface area contributed by atoms with Crippen molar-refractivity contribution < 1.29 is 13.2 Å². The number of alkyl halides is 1. The number of ether oxygens (including phenoxy) is 1. The molecule has 0 aliphatic rings. The molecule has 0 aliphatic carbocycles. The predicted molar refractivity (Wildman–Crippen MR) is 64.7 cm³/mol. The van der Waals surface area contributed by atoms with Gasteiger partial charge < -0.3 is 9.72 Å². The van der Waals surface area contributed by atoms with Crippen LogP contribution in [-0.4, -0.2) is 55.4 Å². The van der Waals surface area contributed by atoms with Gasteiger partial charge in [-0.05, 0) is 6.92 Å². The van der Waals surface area contributed by atoms with Gasteiger partial charge in [-0.15, -0.1) is 11.6 Å². The van der Waals surface area contributed by atoms with Crippen LogP contribution in [0.1, 0.15) is 5.82 Å². The van der Waals surface area contributed by atoms with E-state index in [0.717, 1.165) is 0 Å². The summed E-state index contributed by atoms with van der Waals surface area (Å²) in [5.74, 6) is 0.552. The molecule has 0 amide bonds. The average Bonchev–Trinajstić information content (AvgIpc) is 2.65. The van der Waals surface area contributed by atoms with Crippen molar-refractivity contribution in [1.82, 2.24) is 14.3 Å². The molecular weight excluding hydrogens is 266 g/mol. The number of rotatable bonds is 6. The topological polar surface area (TPSA) is 75.3 Å². The molecule has 0 aliphatic heterocycles. The molecule has 0 bridgehead atoms. The number of H-pyrrole nitrogens is 1. The van der Waals surface area contributed by atoms with E-state index in [4.69, 9.17) is 16.3 Å². The summed E-state index contributed by atoms with van der Waals surface area (Å²) in [4.78, 5) is 6.55. The molecule has 6 nitrogen and oxygen atoms in total. The largest absolute Gasteiger partial charge is 0.383 e. The zero-order valence-corrected chi connectivity index (χ0v) is 11.5. The van der Waals surface area contributed by atoms with Gasteiger partial charge in [0, 0.05) is 20.7 Å². The minimum absolute atomic E-state index is 0.0683. The van der Waals surface area contributed by atoms with Crippen LogP contribution in [0, 0.1) is 6.92 Å². The van der Waals surface area contributed by atoms with Crippen LogP contribution < -0.4 is 0 Å². The van der Waals surface area contributed by atoms with Gasteiger partial charge in [-0.1, -0.05) is 0 Å². The molecular formula is C9H16ClN3O3S. The number of nitrogens with zero attached hydrogens (tertiary/aromatic N) is 2. The summed E-state index contributed by atoms with van der Waals surface area (Å²) in [5.41, 5.74) is 0. The van der Waals surface area contributed by atoms with Gasteiger partial charge in [0.2, 0.25) is 0 Å². The van der Waals surface area contributed by atoms with Gasteiger partial charge in [0.15, 0.2) is 5.03 Å². The van der Waals surface area contributed by atoms with Crippen molar-refractivity contribution in [2.24, 2.45) is 0 Å². The summed E-state index contributed by atoms with van der Waals surface area (Å²) in [6.45, 7) is 2.16. The maximum absolute atomic E-state index is 12.0. The Morgan fingerprint density at radius 2 is 2.29 bits per heavy atom. The van der Waals surface area contributed by atoms with E-state index in [-0.39, 0.29) is 16.9 Å². The second kappa shape index (κ2) is 5.81. The van der Waals surface area contributed by atoms with E-state index in [0.29, 0.717) is 12.4 Å². The van der Waals surface area contributed by atoms with E-state index in [9.17, 15) is 8.42 Å². The number of aromatic nitrogens is 2. The Morgan fingerprint density at radius 1 is 1.65 bits per heavy atom. The van der Waals surface area contributed by atoms with Crippen molar-refractivity contribution in [2.45, 2.75) is 17.3 Å². The Labute approximate surface area is 106 Å². The number of sulfonamides is 1. The first kappa shape index (κ1) is 14.4. The third-order valence-electron chi connectivity index (χ3n) is 2.17. The van der Waals surface area contributed by atoms with Gasteiger partial charge in [-0.2, -0.15) is 4.31 Å². The summed E-state index contributed by atoms with van der Waals surface area (Å²) < 4.78 is 30.1. The average molecular weight is 282 g/mol. The molecule has 0 radical (unpaired) electrons. The summed E-state index contributed by atoms with van der Waals surface area (Å²) >= 11 is 5.92. The Morgan fingerprint density at radius 3 is 2.76 bits per heavy atom. The summed E-state index contributed by atoms with van der Waals surface area (Å²) in [5, 5.41) is -0.317. The first-order valence-electron chi connectivity index (χ1n) is 4.99. The highest BCUT2D eigenvalue weighted by atomic mass is 35.5. The van der Waals surface area contributed by atoms with Crippen LogP contribution in [-0.2, 0) is 14.8 Å². The van der Waals surface area contributed by atoms with Crippen LogP contribution in [0.5, 0.6) is 0 Å². The van der Waals surface area contributed by atoms with Crippen LogP contribution in [0.15, 0.2) is 11.2 Å². The molecule has 1 aromatic rings. The number of aromatic amines is 1. The van der Waals surface area contributed by atoms with Crippen molar-refractivity contribution >= 4 is 21.6 Å². The molecule has 98 valence electrons. The molecule has 1 N–H and O–H groups in total. The van der Waals surface area contributed by atoms with Gasteiger partial charge in [-0.3, -0.25) is 0 Å². The SMILES string of the molecule is COCC(Cl)CN(C)S(=O)(=O)c1cnc(C)[nH]1. The predicted octanol–water partition coefficient (Wildman–Crippen LogP) is 0.592. The van der Waals surface area contributed by atoms with Gasteiger partial charge in [-0.25, -0.2) is 13.4 Å². The standard InChI is InChI=1S/C9H16ClN3O3S/c1-7-11-4-9(12-7)17(14,15)13(2)5-8(10)6-16-3/h4,8H,5-6H2,1-3H3,(H,11,12). The molecule has 0 spiro atoms. The van der Waals surface area contributed by atoms with Crippen LogP contribution in [0.25, 0.3) is 0 Å². The number of imidazole rings is 1. The first-order valence-corrected chi connectivity index (χ1v) is 6.86. The number of hydrogen-bond donors (Lipinski definition) is 1. The smallest absolute Gasteiger partial charge is 0.259 e. The lowest BCUT2D eigenvalue weighted by Gasteiger charge is -2.18. The molecule has 1 heterocycles. The van der Waals surface area contributed by atoms with Crippen LogP contribution >= 0.6 is 11.6 Å². The third kappa shape index (κ3) is 3.67. The fraction of sp³-hybridized carbons (Fsp3) is 0.667. The monoisotopic (exact) mass is 281 g/mol.